The zero-order valence-electron chi connectivity index (χ0n) is 12.8. The average molecular weight is 312 g/mol. The molecule has 22 heavy (non-hydrogen) atoms. The number of rotatable bonds is 6. The Balaban J connectivity index is 2.06. The van der Waals surface area contributed by atoms with Crippen molar-refractivity contribution < 1.29 is 14.7 Å². The highest BCUT2D eigenvalue weighted by Crippen LogP contribution is 2.39. The molecule has 2 aliphatic rings. The highest BCUT2D eigenvalue weighted by molar-refractivity contribution is 5.87. The molecular weight excluding hydrogens is 288 g/mol. The molecule has 0 radical (unpaired) electrons. The lowest BCUT2D eigenvalue weighted by Crippen LogP contribution is -2.55. The summed E-state index contributed by atoms with van der Waals surface area (Å²) in [6.45, 7) is 4.36. The Morgan fingerprint density at radius 2 is 2.00 bits per heavy atom. The van der Waals surface area contributed by atoms with E-state index in [0.29, 0.717) is 6.42 Å². The Kier molecular flexibility index (Phi) is 4.57. The maximum absolute atomic E-state index is 12.1. The summed E-state index contributed by atoms with van der Waals surface area (Å²) in [5.41, 5.74) is 16.6. The first-order valence-corrected chi connectivity index (χ1v) is 7.35. The number of hydrogen-bond donors (Lipinski definition) is 5. The summed E-state index contributed by atoms with van der Waals surface area (Å²) in [4.78, 5) is 29.7. The van der Waals surface area contributed by atoms with E-state index < -0.39 is 24.0 Å². The molecule has 0 aromatic heterocycles. The van der Waals surface area contributed by atoms with E-state index in [1.165, 1.54) is 0 Å². The molecule has 0 aliphatic carbocycles. The normalized spacial score (nSPS) is 32.0. The monoisotopic (exact) mass is 312 g/mol. The average Bonchev–Trinajstić information content (AvgIpc) is 3.13. The lowest BCUT2D eigenvalue weighted by atomic mass is 9.99. The smallest absolute Gasteiger partial charge is 0.327 e. The molecule has 0 aromatic carbocycles. The molecule has 0 spiro atoms. The maximum Gasteiger partial charge on any atom is 0.327 e. The number of carboxylic acid groups (broad SMARTS) is 1. The van der Waals surface area contributed by atoms with Gasteiger partial charge in [0, 0.05) is 18.6 Å². The van der Waals surface area contributed by atoms with Gasteiger partial charge in [0.2, 0.25) is 5.91 Å². The second-order valence-electron chi connectivity index (χ2n) is 6.28. The number of piperidine rings is 1. The third-order valence-corrected chi connectivity index (χ3v) is 4.33. The van der Waals surface area contributed by atoms with Gasteiger partial charge in [-0.3, -0.25) is 9.69 Å². The van der Waals surface area contributed by atoms with Crippen molar-refractivity contribution in [2.75, 3.05) is 6.54 Å². The van der Waals surface area contributed by atoms with Crippen molar-refractivity contribution in [3.05, 3.63) is 0 Å². The summed E-state index contributed by atoms with van der Waals surface area (Å²) in [6, 6.07) is -2.03. The summed E-state index contributed by atoms with van der Waals surface area (Å²) in [5.74, 6) is -1.60. The van der Waals surface area contributed by atoms with Crippen LogP contribution in [-0.4, -0.2) is 64.6 Å². The lowest BCUT2D eigenvalue weighted by Gasteiger charge is -2.25. The molecule has 124 valence electrons. The Hall–Kier alpha value is -1.87. The largest absolute Gasteiger partial charge is 0.480 e. The molecular formula is C13H24N6O3. The highest BCUT2D eigenvalue weighted by atomic mass is 16.4. The zero-order valence-corrected chi connectivity index (χ0v) is 12.8. The van der Waals surface area contributed by atoms with Gasteiger partial charge in [0.15, 0.2) is 5.96 Å². The SMILES string of the molecule is CC(C)[C@H](N)C(=O)NC(C(=O)O)C1CC(N=C(N)N)C2CN21. The molecule has 9 heteroatoms. The number of carbonyl (C=O) groups is 2. The van der Waals surface area contributed by atoms with Gasteiger partial charge in [-0.2, -0.15) is 0 Å². The van der Waals surface area contributed by atoms with Crippen molar-refractivity contribution in [2.24, 2.45) is 28.1 Å². The number of nitrogens with one attached hydrogen (secondary N) is 1. The van der Waals surface area contributed by atoms with Gasteiger partial charge < -0.3 is 27.6 Å². The van der Waals surface area contributed by atoms with E-state index in [1.54, 1.807) is 0 Å². The van der Waals surface area contributed by atoms with Crippen molar-refractivity contribution in [3.8, 4) is 0 Å². The van der Waals surface area contributed by atoms with Gasteiger partial charge in [0.1, 0.15) is 6.04 Å². The van der Waals surface area contributed by atoms with E-state index >= 15 is 0 Å². The fourth-order valence-corrected chi connectivity index (χ4v) is 2.97. The van der Waals surface area contributed by atoms with E-state index in [9.17, 15) is 14.7 Å². The van der Waals surface area contributed by atoms with Gasteiger partial charge in [-0.05, 0) is 12.3 Å². The van der Waals surface area contributed by atoms with Crippen LogP contribution in [0, 0.1) is 5.92 Å². The van der Waals surface area contributed by atoms with Gasteiger partial charge in [0.05, 0.1) is 12.1 Å². The molecule has 6 atom stereocenters. The Morgan fingerprint density at radius 3 is 2.50 bits per heavy atom. The minimum atomic E-state index is -1.08. The van der Waals surface area contributed by atoms with Crippen LogP contribution in [0.5, 0.6) is 0 Å². The van der Waals surface area contributed by atoms with Gasteiger partial charge in [0.25, 0.3) is 0 Å². The van der Waals surface area contributed by atoms with Crippen LogP contribution in [0.25, 0.3) is 0 Å². The molecule has 8 N–H and O–H groups in total. The van der Waals surface area contributed by atoms with E-state index in [1.807, 2.05) is 18.7 Å². The Labute approximate surface area is 128 Å². The third kappa shape index (κ3) is 3.30. The molecule has 2 saturated heterocycles. The molecule has 2 fully saturated rings. The van der Waals surface area contributed by atoms with Gasteiger partial charge in [-0.1, -0.05) is 13.8 Å². The lowest BCUT2D eigenvalue weighted by molar-refractivity contribution is -0.143. The van der Waals surface area contributed by atoms with Crippen LogP contribution in [0.2, 0.25) is 0 Å². The number of guanidine groups is 1. The summed E-state index contributed by atoms with van der Waals surface area (Å²) in [7, 11) is 0. The molecule has 2 aliphatic heterocycles. The first-order chi connectivity index (χ1) is 10.2. The number of aliphatic imine (C=N–C) groups is 1. The summed E-state index contributed by atoms with van der Waals surface area (Å²) in [6.07, 6.45) is 0.497. The van der Waals surface area contributed by atoms with Crippen LogP contribution >= 0.6 is 0 Å². The molecule has 1 amide bonds. The third-order valence-electron chi connectivity index (χ3n) is 4.33. The second kappa shape index (κ2) is 6.09. The number of fused-ring (bicyclic) bond motifs is 1. The van der Waals surface area contributed by atoms with Gasteiger partial charge >= 0.3 is 5.97 Å². The number of carboxylic acids is 1. The molecule has 5 unspecified atom stereocenters. The molecule has 0 aromatic rings. The number of nitrogens with zero attached hydrogens (tertiary/aromatic N) is 2. The molecule has 0 saturated carbocycles. The Bertz CT molecular complexity index is 490. The summed E-state index contributed by atoms with van der Waals surface area (Å²) < 4.78 is 0. The van der Waals surface area contributed by atoms with E-state index in [0.717, 1.165) is 6.54 Å². The van der Waals surface area contributed by atoms with Crippen LogP contribution in [-0.2, 0) is 9.59 Å². The number of nitrogens with two attached hydrogens (primary N) is 3. The fraction of sp³-hybridized carbons (Fsp3) is 0.769. The molecule has 2 heterocycles. The second-order valence-corrected chi connectivity index (χ2v) is 6.28. The summed E-state index contributed by atoms with van der Waals surface area (Å²) in [5, 5.41) is 12.0. The topological polar surface area (TPSA) is 160 Å². The minimum absolute atomic E-state index is 0.00441. The number of aliphatic carboxylic acids is 1. The van der Waals surface area contributed by atoms with Crippen molar-refractivity contribution in [1.29, 1.82) is 0 Å². The van der Waals surface area contributed by atoms with Crippen LogP contribution in [0.4, 0.5) is 0 Å². The van der Waals surface area contributed by atoms with Crippen molar-refractivity contribution in [3.63, 3.8) is 0 Å². The van der Waals surface area contributed by atoms with Gasteiger partial charge in [-0.15, -0.1) is 0 Å². The quantitative estimate of drug-likeness (QED) is 0.208. The predicted molar refractivity (Wildman–Crippen MR) is 80.9 cm³/mol. The first-order valence-electron chi connectivity index (χ1n) is 7.35. The van der Waals surface area contributed by atoms with Crippen molar-refractivity contribution in [2.45, 2.75) is 50.5 Å². The van der Waals surface area contributed by atoms with Gasteiger partial charge in [-0.25, -0.2) is 9.79 Å². The highest BCUT2D eigenvalue weighted by Gasteiger charge is 2.56. The molecule has 9 nitrogen and oxygen atoms in total. The molecule has 2 rings (SSSR count). The van der Waals surface area contributed by atoms with Crippen LogP contribution in [0.15, 0.2) is 4.99 Å². The predicted octanol–water partition coefficient (Wildman–Crippen LogP) is -2.36. The standard InChI is InChI=1S/C13H24N6O3/c1-5(2)9(14)11(20)18-10(12(21)22)7-3-6(17-13(15)16)8-4-19(7)8/h5-10H,3-4,14H2,1-2H3,(H,18,20)(H,21,22)(H4,15,16,17)/t6?,7?,8?,9-,10?,19?/m0/s1. The number of carbonyl (C=O) groups excluding carboxylic acids is 1. The number of amides is 1. The van der Waals surface area contributed by atoms with Crippen molar-refractivity contribution in [1.82, 2.24) is 10.2 Å². The van der Waals surface area contributed by atoms with E-state index in [4.69, 9.17) is 17.2 Å². The van der Waals surface area contributed by atoms with Crippen LogP contribution < -0.4 is 22.5 Å². The van der Waals surface area contributed by atoms with E-state index in [-0.39, 0.29) is 30.0 Å². The minimum Gasteiger partial charge on any atom is -0.480 e. The maximum atomic E-state index is 12.1. The fourth-order valence-electron chi connectivity index (χ4n) is 2.97. The zero-order chi connectivity index (χ0) is 16.6. The Morgan fingerprint density at radius 1 is 1.36 bits per heavy atom. The summed E-state index contributed by atoms with van der Waals surface area (Å²) >= 11 is 0. The van der Waals surface area contributed by atoms with Crippen LogP contribution in [0.3, 0.4) is 0 Å². The van der Waals surface area contributed by atoms with Crippen LogP contribution in [0.1, 0.15) is 20.3 Å². The first kappa shape index (κ1) is 16.5. The molecule has 0 bridgehead atoms. The number of hydrogen-bond acceptors (Lipinski definition) is 5. The van der Waals surface area contributed by atoms with E-state index in [2.05, 4.69) is 10.3 Å². The van der Waals surface area contributed by atoms with Crippen molar-refractivity contribution >= 4 is 17.8 Å².